The smallest absolute Gasteiger partial charge is 0.329 e. The molecule has 1 saturated heterocycles. The first-order chi connectivity index (χ1) is 12.0. The maximum atomic E-state index is 14.9. The van der Waals surface area contributed by atoms with Crippen molar-refractivity contribution in [2.75, 3.05) is 31.6 Å². The lowest BCUT2D eigenvalue weighted by Crippen LogP contribution is -2.31. The van der Waals surface area contributed by atoms with Crippen LogP contribution < -0.4 is 26.6 Å². The van der Waals surface area contributed by atoms with Gasteiger partial charge in [0.05, 0.1) is 12.5 Å². The minimum absolute atomic E-state index is 0.0226. The van der Waals surface area contributed by atoms with E-state index in [0.29, 0.717) is 36.8 Å². The van der Waals surface area contributed by atoms with Gasteiger partial charge in [0.1, 0.15) is 11.2 Å². The predicted octanol–water partition coefficient (Wildman–Crippen LogP) is 0.957. The van der Waals surface area contributed by atoms with Crippen molar-refractivity contribution in [3.8, 4) is 5.75 Å². The molecule has 134 valence electrons. The Bertz CT molecular complexity index is 948. The van der Waals surface area contributed by atoms with Gasteiger partial charge in [0.15, 0.2) is 11.6 Å². The Morgan fingerprint density at radius 1 is 1.36 bits per heavy atom. The molecular formula is C17H21FN4O3. The lowest BCUT2D eigenvalue weighted by molar-refractivity contribution is 0.413. The predicted molar refractivity (Wildman–Crippen MR) is 93.0 cm³/mol. The van der Waals surface area contributed by atoms with E-state index in [4.69, 9.17) is 10.5 Å². The van der Waals surface area contributed by atoms with E-state index in [2.05, 4.69) is 4.98 Å². The fourth-order valence-electron chi connectivity index (χ4n) is 3.74. The highest BCUT2D eigenvalue weighted by Crippen LogP contribution is 2.43. The zero-order chi connectivity index (χ0) is 17.7. The van der Waals surface area contributed by atoms with Crippen molar-refractivity contribution < 1.29 is 9.13 Å². The maximum Gasteiger partial charge on any atom is 0.329 e. The van der Waals surface area contributed by atoms with Crippen LogP contribution in [0.15, 0.2) is 15.7 Å². The molecule has 1 aliphatic carbocycles. The van der Waals surface area contributed by atoms with Crippen molar-refractivity contribution in [1.29, 1.82) is 0 Å². The molecule has 2 aliphatic rings. The Balaban J connectivity index is 2.01. The summed E-state index contributed by atoms with van der Waals surface area (Å²) < 4.78 is 21.9. The summed E-state index contributed by atoms with van der Waals surface area (Å²) in [7, 11) is 1.44. The second-order valence-electron chi connectivity index (χ2n) is 6.83. The highest BCUT2D eigenvalue weighted by molar-refractivity contribution is 5.91. The number of ether oxygens (including phenoxy) is 1. The topological polar surface area (TPSA) is 93.3 Å². The van der Waals surface area contributed by atoms with Gasteiger partial charge in [0, 0.05) is 19.1 Å². The normalized spacial score (nSPS) is 20.4. The summed E-state index contributed by atoms with van der Waals surface area (Å²) in [4.78, 5) is 28.8. The number of anilines is 1. The zero-order valence-electron chi connectivity index (χ0n) is 14.0. The molecular weight excluding hydrogens is 327 g/mol. The number of H-pyrrole nitrogens is 1. The summed E-state index contributed by atoms with van der Waals surface area (Å²) in [5.74, 6) is 0.0286. The largest absolute Gasteiger partial charge is 0.492 e. The number of aromatic nitrogens is 2. The van der Waals surface area contributed by atoms with E-state index < -0.39 is 17.1 Å². The van der Waals surface area contributed by atoms with Crippen molar-refractivity contribution in [2.45, 2.75) is 25.3 Å². The van der Waals surface area contributed by atoms with Crippen molar-refractivity contribution in [3.05, 3.63) is 32.7 Å². The number of methoxy groups -OCH3 is 1. The number of hydrogen-bond acceptors (Lipinski definition) is 5. The molecule has 1 aliphatic heterocycles. The Morgan fingerprint density at radius 3 is 2.72 bits per heavy atom. The monoisotopic (exact) mass is 348 g/mol. The van der Waals surface area contributed by atoms with Crippen LogP contribution in [0.25, 0.3) is 10.9 Å². The molecule has 1 atom stereocenters. The van der Waals surface area contributed by atoms with Crippen LogP contribution in [0.4, 0.5) is 10.1 Å². The summed E-state index contributed by atoms with van der Waals surface area (Å²) >= 11 is 0. The SMILES string of the molecule is COc1c(N2CC[C@@H](CN)C2)c(F)cc2c(=O)[nH]c(=O)n(C3CC3)c12. The third-order valence-electron chi connectivity index (χ3n) is 5.16. The van der Waals surface area contributed by atoms with Crippen LogP contribution in [-0.2, 0) is 0 Å². The summed E-state index contributed by atoms with van der Waals surface area (Å²) in [6, 6.07) is 1.23. The number of benzene rings is 1. The first-order valence-electron chi connectivity index (χ1n) is 8.55. The van der Waals surface area contributed by atoms with Crippen molar-refractivity contribution in [3.63, 3.8) is 0 Å². The quantitative estimate of drug-likeness (QED) is 0.858. The molecule has 0 spiro atoms. The zero-order valence-corrected chi connectivity index (χ0v) is 14.0. The number of nitrogens with zero attached hydrogens (tertiary/aromatic N) is 2. The van der Waals surface area contributed by atoms with Gasteiger partial charge in [-0.25, -0.2) is 9.18 Å². The highest BCUT2D eigenvalue weighted by atomic mass is 19.1. The molecule has 2 aromatic rings. The number of halogens is 1. The second kappa shape index (κ2) is 5.87. The van der Waals surface area contributed by atoms with E-state index >= 15 is 0 Å². The van der Waals surface area contributed by atoms with E-state index in [9.17, 15) is 14.0 Å². The van der Waals surface area contributed by atoms with Crippen LogP contribution in [0.2, 0.25) is 0 Å². The van der Waals surface area contributed by atoms with Gasteiger partial charge >= 0.3 is 5.69 Å². The molecule has 0 unspecified atom stereocenters. The number of nitrogens with one attached hydrogen (secondary N) is 1. The summed E-state index contributed by atoms with van der Waals surface area (Å²) in [6.45, 7) is 1.84. The van der Waals surface area contributed by atoms with Gasteiger partial charge in [-0.1, -0.05) is 0 Å². The van der Waals surface area contributed by atoms with Crippen LogP contribution in [0.3, 0.4) is 0 Å². The van der Waals surface area contributed by atoms with Crippen molar-refractivity contribution >= 4 is 16.6 Å². The number of hydrogen-bond donors (Lipinski definition) is 2. The molecule has 1 aromatic heterocycles. The standard InChI is InChI=1S/C17H21FN4O3/c1-25-15-13-11(16(23)20-17(24)22(13)10-2-3-10)6-12(18)14(15)21-5-4-9(7-19)8-21/h6,9-10H,2-5,7-8,19H2,1H3,(H,20,23,24)/t9-/m0/s1. The summed E-state index contributed by atoms with van der Waals surface area (Å²) in [5.41, 5.74) is 5.36. The van der Waals surface area contributed by atoms with Gasteiger partial charge in [0.2, 0.25) is 0 Å². The van der Waals surface area contributed by atoms with E-state index in [1.165, 1.54) is 17.7 Å². The van der Waals surface area contributed by atoms with E-state index in [-0.39, 0.29) is 17.2 Å². The molecule has 2 fully saturated rings. The lowest BCUT2D eigenvalue weighted by atomic mass is 10.1. The molecule has 8 heteroatoms. The van der Waals surface area contributed by atoms with Gasteiger partial charge in [-0.15, -0.1) is 0 Å². The molecule has 7 nitrogen and oxygen atoms in total. The van der Waals surface area contributed by atoms with Gasteiger partial charge in [0.25, 0.3) is 5.56 Å². The molecule has 3 N–H and O–H groups in total. The number of rotatable bonds is 4. The molecule has 0 radical (unpaired) electrons. The maximum absolute atomic E-state index is 14.9. The van der Waals surface area contributed by atoms with E-state index in [0.717, 1.165) is 19.3 Å². The van der Waals surface area contributed by atoms with Crippen molar-refractivity contribution in [2.24, 2.45) is 11.7 Å². The number of nitrogens with two attached hydrogens (primary N) is 1. The average molecular weight is 348 g/mol. The van der Waals surface area contributed by atoms with Crippen LogP contribution in [0.1, 0.15) is 25.3 Å². The fraction of sp³-hybridized carbons (Fsp3) is 0.529. The van der Waals surface area contributed by atoms with Crippen LogP contribution in [0.5, 0.6) is 5.75 Å². The third-order valence-corrected chi connectivity index (χ3v) is 5.16. The minimum atomic E-state index is -0.595. The Morgan fingerprint density at radius 2 is 2.12 bits per heavy atom. The van der Waals surface area contributed by atoms with Crippen LogP contribution >= 0.6 is 0 Å². The first-order valence-corrected chi connectivity index (χ1v) is 8.55. The van der Waals surface area contributed by atoms with Crippen LogP contribution in [0, 0.1) is 11.7 Å². The molecule has 2 heterocycles. The number of aromatic amines is 1. The third kappa shape index (κ3) is 2.52. The molecule has 25 heavy (non-hydrogen) atoms. The Kier molecular flexibility index (Phi) is 3.79. The fourth-order valence-corrected chi connectivity index (χ4v) is 3.74. The molecule has 1 aromatic carbocycles. The highest BCUT2D eigenvalue weighted by Gasteiger charge is 2.32. The van der Waals surface area contributed by atoms with E-state index in [1.807, 2.05) is 4.90 Å². The minimum Gasteiger partial charge on any atom is -0.492 e. The second-order valence-corrected chi connectivity index (χ2v) is 6.83. The van der Waals surface area contributed by atoms with Gasteiger partial charge in [-0.2, -0.15) is 0 Å². The first kappa shape index (κ1) is 16.1. The summed E-state index contributed by atoms with van der Waals surface area (Å²) in [5, 5.41) is 0.138. The molecule has 0 bridgehead atoms. The number of fused-ring (bicyclic) bond motifs is 1. The Labute approximate surface area is 143 Å². The van der Waals surface area contributed by atoms with Gasteiger partial charge in [-0.05, 0) is 37.8 Å². The molecule has 1 saturated carbocycles. The van der Waals surface area contributed by atoms with Crippen molar-refractivity contribution in [1.82, 2.24) is 9.55 Å². The molecule has 4 rings (SSSR count). The van der Waals surface area contributed by atoms with Gasteiger partial charge < -0.3 is 15.4 Å². The summed E-state index contributed by atoms with van der Waals surface area (Å²) in [6.07, 6.45) is 2.59. The van der Waals surface area contributed by atoms with E-state index in [1.54, 1.807) is 0 Å². The van der Waals surface area contributed by atoms with Gasteiger partial charge in [-0.3, -0.25) is 14.3 Å². The Hall–Kier alpha value is -2.35. The molecule has 0 amide bonds. The lowest BCUT2D eigenvalue weighted by Gasteiger charge is -2.24. The average Bonchev–Trinajstić information content (AvgIpc) is 3.31. The van der Waals surface area contributed by atoms with Crippen LogP contribution in [-0.4, -0.2) is 36.3 Å².